The Kier molecular flexibility index (Phi) is 8.08. The minimum atomic E-state index is -3.64. The van der Waals surface area contributed by atoms with Crippen molar-refractivity contribution in [3.05, 3.63) is 0 Å². The molecule has 0 heterocycles. The largest absolute Gasteiger partial charge is 0.480 e. The minimum absolute atomic E-state index is 0.0206. The van der Waals surface area contributed by atoms with E-state index in [1.807, 2.05) is 0 Å². The number of carbonyl (C=O) groups is 1. The highest BCUT2D eigenvalue weighted by Gasteiger charge is 2.24. The number of rotatable bonds is 10. The third-order valence-corrected chi connectivity index (χ3v) is 3.82. The number of aliphatic carboxylic acids is 1. The standard InChI is InChI=1S/C10H21NO6S/c1-9(2)17-6-7-18(14,15)11(4-5-16-3)8-10(12)13/h9H,4-8H2,1-3H3,(H,12,13). The van der Waals surface area contributed by atoms with Gasteiger partial charge in [-0.15, -0.1) is 0 Å². The molecule has 0 rings (SSSR count). The number of carboxylic acid groups (broad SMARTS) is 1. The van der Waals surface area contributed by atoms with E-state index >= 15 is 0 Å². The SMILES string of the molecule is COCCN(CC(=O)O)S(=O)(=O)CCOC(C)C. The van der Waals surface area contributed by atoms with Crippen molar-refractivity contribution in [2.45, 2.75) is 20.0 Å². The molecule has 0 radical (unpaired) electrons. The first-order chi connectivity index (χ1) is 8.29. The van der Waals surface area contributed by atoms with Crippen molar-refractivity contribution < 1.29 is 27.8 Å². The molecule has 8 heteroatoms. The average molecular weight is 283 g/mol. The lowest BCUT2D eigenvalue weighted by Gasteiger charge is -2.20. The normalized spacial score (nSPS) is 12.3. The first-order valence-electron chi connectivity index (χ1n) is 5.59. The monoisotopic (exact) mass is 283 g/mol. The number of ether oxygens (including phenoxy) is 2. The van der Waals surface area contributed by atoms with Gasteiger partial charge in [0.2, 0.25) is 10.0 Å². The van der Waals surface area contributed by atoms with Crippen LogP contribution in [0, 0.1) is 0 Å². The molecule has 0 aliphatic rings. The van der Waals surface area contributed by atoms with Crippen LogP contribution < -0.4 is 0 Å². The van der Waals surface area contributed by atoms with Crippen LogP contribution in [0.2, 0.25) is 0 Å². The number of sulfonamides is 1. The fourth-order valence-electron chi connectivity index (χ4n) is 1.18. The number of hydrogen-bond acceptors (Lipinski definition) is 5. The van der Waals surface area contributed by atoms with E-state index < -0.39 is 22.5 Å². The topological polar surface area (TPSA) is 93.1 Å². The minimum Gasteiger partial charge on any atom is -0.480 e. The Morgan fingerprint density at radius 2 is 1.94 bits per heavy atom. The van der Waals surface area contributed by atoms with Crippen LogP contribution in [0.4, 0.5) is 0 Å². The van der Waals surface area contributed by atoms with Gasteiger partial charge in [-0.3, -0.25) is 4.79 Å². The van der Waals surface area contributed by atoms with Gasteiger partial charge in [0.05, 0.1) is 25.1 Å². The molecule has 18 heavy (non-hydrogen) atoms. The van der Waals surface area contributed by atoms with Gasteiger partial charge in [0.25, 0.3) is 0 Å². The first-order valence-corrected chi connectivity index (χ1v) is 7.20. The molecule has 0 fully saturated rings. The fourth-order valence-corrected chi connectivity index (χ4v) is 2.40. The van der Waals surface area contributed by atoms with Crippen molar-refractivity contribution in [2.75, 3.05) is 39.2 Å². The molecule has 7 nitrogen and oxygen atoms in total. The van der Waals surface area contributed by atoms with Crippen LogP contribution in [0.15, 0.2) is 0 Å². The van der Waals surface area contributed by atoms with Crippen LogP contribution in [-0.2, 0) is 24.3 Å². The zero-order valence-electron chi connectivity index (χ0n) is 11.0. The highest BCUT2D eigenvalue weighted by atomic mass is 32.2. The number of hydrogen-bond donors (Lipinski definition) is 1. The van der Waals surface area contributed by atoms with Crippen LogP contribution in [-0.4, -0.2) is 69.1 Å². The molecule has 0 bridgehead atoms. The molecule has 1 N–H and O–H groups in total. The zero-order chi connectivity index (χ0) is 14.2. The maximum atomic E-state index is 11.9. The Labute approximate surface area is 108 Å². The maximum Gasteiger partial charge on any atom is 0.318 e. The van der Waals surface area contributed by atoms with Gasteiger partial charge in [-0.2, -0.15) is 4.31 Å². The van der Waals surface area contributed by atoms with Gasteiger partial charge in [-0.05, 0) is 13.8 Å². The zero-order valence-corrected chi connectivity index (χ0v) is 11.8. The van der Waals surface area contributed by atoms with E-state index in [1.54, 1.807) is 13.8 Å². The van der Waals surface area contributed by atoms with Crippen LogP contribution in [0.25, 0.3) is 0 Å². The van der Waals surface area contributed by atoms with Crippen molar-refractivity contribution in [3.63, 3.8) is 0 Å². The highest BCUT2D eigenvalue weighted by Crippen LogP contribution is 2.02. The molecule has 0 unspecified atom stereocenters. The third kappa shape index (κ3) is 7.59. The van der Waals surface area contributed by atoms with Crippen molar-refractivity contribution in [1.82, 2.24) is 4.31 Å². The maximum absolute atomic E-state index is 11.9. The van der Waals surface area contributed by atoms with E-state index in [2.05, 4.69) is 0 Å². The van der Waals surface area contributed by atoms with Gasteiger partial charge >= 0.3 is 5.97 Å². The summed E-state index contributed by atoms with van der Waals surface area (Å²) in [6, 6.07) is 0. The predicted octanol–water partition coefficient (Wildman–Crippen LogP) is -0.226. The second kappa shape index (κ2) is 8.41. The second-order valence-electron chi connectivity index (χ2n) is 3.96. The molecule has 0 aliphatic carbocycles. The lowest BCUT2D eigenvalue weighted by atomic mass is 10.5. The number of carboxylic acids is 1. The summed E-state index contributed by atoms with van der Waals surface area (Å²) in [6.45, 7) is 3.25. The molecule has 0 atom stereocenters. The first kappa shape index (κ1) is 17.3. The summed E-state index contributed by atoms with van der Waals surface area (Å²) in [6.07, 6.45) is -0.0629. The molecular formula is C10H21NO6S. The number of methoxy groups -OCH3 is 1. The van der Waals surface area contributed by atoms with Crippen LogP contribution in [0.5, 0.6) is 0 Å². The summed E-state index contributed by atoms with van der Waals surface area (Å²) in [4.78, 5) is 10.6. The molecule has 108 valence electrons. The lowest BCUT2D eigenvalue weighted by Crippen LogP contribution is -2.40. The van der Waals surface area contributed by atoms with Gasteiger partial charge in [-0.25, -0.2) is 8.42 Å². The van der Waals surface area contributed by atoms with Crippen molar-refractivity contribution in [1.29, 1.82) is 0 Å². The van der Waals surface area contributed by atoms with E-state index in [-0.39, 0.29) is 31.6 Å². The smallest absolute Gasteiger partial charge is 0.318 e. The Morgan fingerprint density at radius 3 is 2.39 bits per heavy atom. The molecule has 0 aromatic rings. The molecule has 0 spiro atoms. The Balaban J connectivity index is 4.48. The molecule has 0 saturated heterocycles. The van der Waals surface area contributed by atoms with Crippen LogP contribution in [0.1, 0.15) is 13.8 Å². The summed E-state index contributed by atoms with van der Waals surface area (Å²) >= 11 is 0. The Morgan fingerprint density at radius 1 is 1.33 bits per heavy atom. The van der Waals surface area contributed by atoms with Crippen molar-refractivity contribution in [2.24, 2.45) is 0 Å². The highest BCUT2D eigenvalue weighted by molar-refractivity contribution is 7.89. The van der Waals surface area contributed by atoms with Crippen molar-refractivity contribution >= 4 is 16.0 Å². The van der Waals surface area contributed by atoms with Crippen LogP contribution >= 0.6 is 0 Å². The van der Waals surface area contributed by atoms with Crippen LogP contribution in [0.3, 0.4) is 0 Å². The average Bonchev–Trinajstić information content (AvgIpc) is 2.22. The molecular weight excluding hydrogens is 262 g/mol. The van der Waals surface area contributed by atoms with Gasteiger partial charge < -0.3 is 14.6 Å². The summed E-state index contributed by atoms with van der Waals surface area (Å²) in [5.74, 6) is -1.43. The summed E-state index contributed by atoms with van der Waals surface area (Å²) in [7, 11) is -2.21. The van der Waals surface area contributed by atoms with E-state index in [9.17, 15) is 13.2 Å². The lowest BCUT2D eigenvalue weighted by molar-refractivity contribution is -0.137. The van der Waals surface area contributed by atoms with Gasteiger partial charge in [0.1, 0.15) is 6.54 Å². The van der Waals surface area contributed by atoms with E-state index in [1.165, 1.54) is 7.11 Å². The Hall–Kier alpha value is -0.700. The van der Waals surface area contributed by atoms with E-state index in [4.69, 9.17) is 14.6 Å². The molecule has 0 saturated carbocycles. The summed E-state index contributed by atoms with van der Waals surface area (Å²) in [5.41, 5.74) is 0. The molecule has 0 amide bonds. The van der Waals surface area contributed by atoms with Gasteiger partial charge in [-0.1, -0.05) is 0 Å². The second-order valence-corrected chi connectivity index (χ2v) is 6.04. The summed E-state index contributed by atoms with van der Waals surface area (Å²) < 4.78 is 34.6. The van der Waals surface area contributed by atoms with Gasteiger partial charge in [0.15, 0.2) is 0 Å². The fraction of sp³-hybridized carbons (Fsp3) is 0.900. The molecule has 0 aromatic carbocycles. The molecule has 0 aromatic heterocycles. The van der Waals surface area contributed by atoms with E-state index in [0.717, 1.165) is 4.31 Å². The quantitative estimate of drug-likeness (QED) is 0.595. The Bertz CT molecular complexity index is 340. The third-order valence-electron chi connectivity index (χ3n) is 2.04. The predicted molar refractivity (Wildman–Crippen MR) is 66.0 cm³/mol. The summed E-state index contributed by atoms with van der Waals surface area (Å²) in [5, 5.41) is 8.68. The van der Waals surface area contributed by atoms with Crippen molar-refractivity contribution in [3.8, 4) is 0 Å². The van der Waals surface area contributed by atoms with E-state index in [0.29, 0.717) is 0 Å². The van der Waals surface area contributed by atoms with Gasteiger partial charge in [0, 0.05) is 13.7 Å². The molecule has 0 aliphatic heterocycles. The number of nitrogens with zero attached hydrogens (tertiary/aromatic N) is 1.